The summed E-state index contributed by atoms with van der Waals surface area (Å²) in [6.07, 6.45) is 0.909. The first-order valence-electron chi connectivity index (χ1n) is 4.25. The number of aryl methyl sites for hydroxylation is 1. The molecule has 0 fully saturated rings. The first kappa shape index (κ1) is 10.3. The van der Waals surface area contributed by atoms with Crippen LogP contribution in [-0.4, -0.2) is 10.1 Å². The van der Waals surface area contributed by atoms with E-state index in [9.17, 15) is 0 Å². The summed E-state index contributed by atoms with van der Waals surface area (Å²) in [7, 11) is 0. The molecule has 0 atom stereocenters. The third kappa shape index (κ3) is 2.43. The molecule has 0 aliphatic carbocycles. The SMILES string of the molecule is N#CCCc1nc(-c2ccc(Br)s2)no1. The molecule has 0 aliphatic rings. The molecule has 0 radical (unpaired) electrons. The van der Waals surface area contributed by atoms with E-state index in [1.54, 1.807) is 11.3 Å². The Labute approximate surface area is 98.7 Å². The van der Waals surface area contributed by atoms with Gasteiger partial charge in [-0.15, -0.1) is 11.3 Å². The van der Waals surface area contributed by atoms with Crippen LogP contribution in [-0.2, 0) is 6.42 Å². The van der Waals surface area contributed by atoms with Crippen LogP contribution in [0.1, 0.15) is 12.3 Å². The van der Waals surface area contributed by atoms with Crippen LogP contribution < -0.4 is 0 Å². The first-order valence-corrected chi connectivity index (χ1v) is 5.86. The number of rotatable bonds is 3. The summed E-state index contributed by atoms with van der Waals surface area (Å²) in [6, 6.07) is 5.90. The molecule has 0 spiro atoms. The topological polar surface area (TPSA) is 62.7 Å². The lowest BCUT2D eigenvalue weighted by atomic mass is 10.3. The molecule has 0 bridgehead atoms. The molecule has 2 aromatic rings. The van der Waals surface area contributed by atoms with Crippen LogP contribution in [0.4, 0.5) is 0 Å². The maximum absolute atomic E-state index is 8.41. The van der Waals surface area contributed by atoms with Gasteiger partial charge in [-0.3, -0.25) is 0 Å². The van der Waals surface area contributed by atoms with Crippen LogP contribution in [0.25, 0.3) is 10.7 Å². The van der Waals surface area contributed by atoms with Crippen LogP contribution in [0.3, 0.4) is 0 Å². The van der Waals surface area contributed by atoms with Crippen molar-refractivity contribution in [3.8, 4) is 16.8 Å². The average molecular weight is 284 g/mol. The minimum Gasteiger partial charge on any atom is -0.339 e. The smallest absolute Gasteiger partial charge is 0.228 e. The van der Waals surface area contributed by atoms with Gasteiger partial charge in [0.15, 0.2) is 0 Å². The van der Waals surface area contributed by atoms with E-state index in [1.165, 1.54) is 0 Å². The Morgan fingerprint density at radius 1 is 1.53 bits per heavy atom. The van der Waals surface area contributed by atoms with Gasteiger partial charge in [0, 0.05) is 12.8 Å². The van der Waals surface area contributed by atoms with Crippen molar-refractivity contribution in [1.29, 1.82) is 5.26 Å². The Balaban J connectivity index is 2.17. The predicted octanol–water partition coefficient (Wildman–Crippen LogP) is 3.02. The number of halogens is 1. The highest BCUT2D eigenvalue weighted by molar-refractivity contribution is 9.11. The number of aromatic nitrogens is 2. The van der Waals surface area contributed by atoms with E-state index in [0.717, 1.165) is 8.66 Å². The summed E-state index contributed by atoms with van der Waals surface area (Å²) in [6.45, 7) is 0. The summed E-state index contributed by atoms with van der Waals surface area (Å²) in [5, 5.41) is 12.3. The van der Waals surface area contributed by atoms with Gasteiger partial charge in [-0.1, -0.05) is 5.16 Å². The van der Waals surface area contributed by atoms with Gasteiger partial charge in [0.25, 0.3) is 0 Å². The summed E-state index contributed by atoms with van der Waals surface area (Å²) >= 11 is 4.91. The Hall–Kier alpha value is -1.19. The van der Waals surface area contributed by atoms with Gasteiger partial charge in [0.05, 0.1) is 14.7 Å². The highest BCUT2D eigenvalue weighted by Crippen LogP contribution is 2.29. The van der Waals surface area contributed by atoms with Crippen molar-refractivity contribution in [3.05, 3.63) is 21.8 Å². The Kier molecular flexibility index (Phi) is 3.14. The molecule has 2 rings (SSSR count). The Bertz CT molecular complexity index is 499. The summed E-state index contributed by atoms with van der Waals surface area (Å²) in [5.41, 5.74) is 0. The zero-order valence-corrected chi connectivity index (χ0v) is 10.0. The summed E-state index contributed by atoms with van der Waals surface area (Å²) in [5.74, 6) is 1.09. The molecule has 0 aromatic carbocycles. The summed E-state index contributed by atoms with van der Waals surface area (Å²) in [4.78, 5) is 5.14. The van der Waals surface area contributed by atoms with Crippen LogP contribution in [0, 0.1) is 11.3 Å². The standard InChI is InChI=1S/C9H6BrN3OS/c10-7-4-3-6(15-7)9-12-8(14-13-9)2-1-5-11/h3-4H,1-2H2. The molecular formula is C9H6BrN3OS. The molecule has 0 saturated carbocycles. The quantitative estimate of drug-likeness (QED) is 0.869. The lowest BCUT2D eigenvalue weighted by molar-refractivity contribution is 0.380. The van der Waals surface area contributed by atoms with Gasteiger partial charge in [-0.2, -0.15) is 10.2 Å². The molecule has 0 unspecified atom stereocenters. The van der Waals surface area contributed by atoms with Gasteiger partial charge < -0.3 is 4.52 Å². The maximum Gasteiger partial charge on any atom is 0.228 e. The van der Waals surface area contributed by atoms with E-state index in [2.05, 4.69) is 26.1 Å². The fourth-order valence-corrected chi connectivity index (χ4v) is 2.37. The predicted molar refractivity (Wildman–Crippen MR) is 59.2 cm³/mol. The fraction of sp³-hybridized carbons (Fsp3) is 0.222. The number of nitrogens with zero attached hydrogens (tertiary/aromatic N) is 3. The molecule has 0 aliphatic heterocycles. The second-order valence-electron chi connectivity index (χ2n) is 2.77. The average Bonchev–Trinajstić information content (AvgIpc) is 2.83. The van der Waals surface area contributed by atoms with Gasteiger partial charge in [0.2, 0.25) is 11.7 Å². The molecule has 2 aromatic heterocycles. The Morgan fingerprint density at radius 2 is 2.40 bits per heavy atom. The van der Waals surface area contributed by atoms with E-state index in [0.29, 0.717) is 24.6 Å². The van der Waals surface area contributed by atoms with E-state index in [1.807, 2.05) is 18.2 Å². The molecule has 0 amide bonds. The highest BCUT2D eigenvalue weighted by Gasteiger charge is 2.09. The summed E-state index contributed by atoms with van der Waals surface area (Å²) < 4.78 is 6.04. The van der Waals surface area contributed by atoms with Gasteiger partial charge >= 0.3 is 0 Å². The number of hydrogen-bond acceptors (Lipinski definition) is 5. The second kappa shape index (κ2) is 4.55. The third-order valence-electron chi connectivity index (χ3n) is 1.71. The molecule has 76 valence electrons. The van der Waals surface area contributed by atoms with Crippen LogP contribution in [0.15, 0.2) is 20.4 Å². The molecule has 6 heteroatoms. The first-order chi connectivity index (χ1) is 7.29. The van der Waals surface area contributed by atoms with Crippen LogP contribution >= 0.6 is 27.3 Å². The normalized spacial score (nSPS) is 10.1. The van der Waals surface area contributed by atoms with Crippen molar-refractivity contribution in [2.75, 3.05) is 0 Å². The van der Waals surface area contributed by atoms with Crippen molar-refractivity contribution in [2.45, 2.75) is 12.8 Å². The third-order valence-corrected chi connectivity index (χ3v) is 3.33. The van der Waals surface area contributed by atoms with Gasteiger partial charge in [-0.05, 0) is 28.1 Å². The second-order valence-corrected chi connectivity index (χ2v) is 5.24. The fourth-order valence-electron chi connectivity index (χ4n) is 1.05. The lowest BCUT2D eigenvalue weighted by Crippen LogP contribution is -1.82. The Morgan fingerprint density at radius 3 is 3.07 bits per heavy atom. The van der Waals surface area contributed by atoms with Crippen molar-refractivity contribution >= 4 is 27.3 Å². The molecular weight excluding hydrogens is 278 g/mol. The maximum atomic E-state index is 8.41. The monoisotopic (exact) mass is 283 g/mol. The molecule has 0 saturated heterocycles. The van der Waals surface area contributed by atoms with Crippen molar-refractivity contribution in [3.63, 3.8) is 0 Å². The molecule has 15 heavy (non-hydrogen) atoms. The molecule has 4 nitrogen and oxygen atoms in total. The zero-order chi connectivity index (χ0) is 10.7. The number of thiophene rings is 1. The lowest BCUT2D eigenvalue weighted by Gasteiger charge is -1.83. The highest BCUT2D eigenvalue weighted by atomic mass is 79.9. The van der Waals surface area contributed by atoms with E-state index in [4.69, 9.17) is 9.78 Å². The molecule has 2 heterocycles. The van der Waals surface area contributed by atoms with Crippen molar-refractivity contribution in [2.24, 2.45) is 0 Å². The minimum absolute atomic E-state index is 0.399. The zero-order valence-electron chi connectivity index (χ0n) is 7.61. The van der Waals surface area contributed by atoms with E-state index in [-0.39, 0.29) is 0 Å². The number of hydrogen-bond donors (Lipinski definition) is 0. The minimum atomic E-state index is 0.399. The van der Waals surface area contributed by atoms with Crippen molar-refractivity contribution < 1.29 is 4.52 Å². The van der Waals surface area contributed by atoms with E-state index < -0.39 is 0 Å². The number of nitriles is 1. The van der Waals surface area contributed by atoms with Gasteiger partial charge in [0.1, 0.15) is 0 Å². The van der Waals surface area contributed by atoms with Gasteiger partial charge in [-0.25, -0.2) is 0 Å². The van der Waals surface area contributed by atoms with Crippen molar-refractivity contribution in [1.82, 2.24) is 10.1 Å². The largest absolute Gasteiger partial charge is 0.339 e. The van der Waals surface area contributed by atoms with E-state index >= 15 is 0 Å². The molecule has 0 N–H and O–H groups in total. The van der Waals surface area contributed by atoms with Crippen LogP contribution in [0.5, 0.6) is 0 Å². The van der Waals surface area contributed by atoms with Crippen LogP contribution in [0.2, 0.25) is 0 Å².